The summed E-state index contributed by atoms with van der Waals surface area (Å²) in [5.74, 6) is -0.425. The average Bonchev–Trinajstić information content (AvgIpc) is 2.80. The first kappa shape index (κ1) is 21.9. The molecule has 0 amide bonds. The predicted molar refractivity (Wildman–Crippen MR) is 108 cm³/mol. The van der Waals surface area contributed by atoms with Crippen molar-refractivity contribution in [2.75, 3.05) is 0 Å². The van der Waals surface area contributed by atoms with E-state index in [1.165, 1.54) is 30.5 Å². The summed E-state index contributed by atoms with van der Waals surface area (Å²) in [6.07, 6.45) is 7.92. The van der Waals surface area contributed by atoms with Gasteiger partial charge >= 0.3 is 5.97 Å². The smallest absolute Gasteiger partial charge is 0.323 e. The number of aromatic nitrogens is 1. The fraction of sp³-hybridized carbons (Fsp3) is 0.500. The Hall–Kier alpha value is -2.10. The fourth-order valence-corrected chi connectivity index (χ4v) is 3.98. The van der Waals surface area contributed by atoms with Gasteiger partial charge in [-0.2, -0.15) is 0 Å². The molecule has 3 nitrogen and oxygen atoms in total. The Balaban J connectivity index is 0.00000169. The molecule has 1 aromatic heterocycles. The van der Waals surface area contributed by atoms with Crippen molar-refractivity contribution in [3.8, 4) is 0 Å². The third-order valence-corrected chi connectivity index (χ3v) is 5.12. The lowest BCUT2D eigenvalue weighted by atomic mass is 9.83. The Morgan fingerprint density at radius 1 is 1.35 bits per heavy atom. The molecule has 0 fully saturated rings. The van der Waals surface area contributed by atoms with Gasteiger partial charge in [-0.25, -0.2) is 4.39 Å². The van der Waals surface area contributed by atoms with Crippen LogP contribution in [0.2, 0.25) is 0 Å². The van der Waals surface area contributed by atoms with Gasteiger partial charge in [0.15, 0.2) is 0 Å². The lowest BCUT2D eigenvalue weighted by Crippen LogP contribution is -2.10. The summed E-state index contributed by atoms with van der Waals surface area (Å²) in [5.41, 5.74) is 3.97. The van der Waals surface area contributed by atoms with Gasteiger partial charge in [-0.1, -0.05) is 40.7 Å². The van der Waals surface area contributed by atoms with E-state index < -0.39 is 5.97 Å². The molecular weight excluding hydrogens is 329 g/mol. The Bertz CT molecular complexity index is 804. The van der Waals surface area contributed by atoms with Gasteiger partial charge in [0.25, 0.3) is 0 Å². The molecule has 1 heterocycles. The van der Waals surface area contributed by atoms with Crippen LogP contribution in [0.15, 0.2) is 24.3 Å². The van der Waals surface area contributed by atoms with Gasteiger partial charge in [-0.3, -0.25) is 4.79 Å². The molecule has 3 rings (SSSR count). The molecule has 0 bridgehead atoms. The summed E-state index contributed by atoms with van der Waals surface area (Å²) < 4.78 is 15.6. The zero-order valence-electron chi connectivity index (χ0n) is 14.3. The zero-order valence-corrected chi connectivity index (χ0v) is 14.3. The molecule has 1 atom stereocenters. The molecule has 2 aromatic rings. The van der Waals surface area contributed by atoms with Gasteiger partial charge in [0, 0.05) is 22.2 Å². The minimum absolute atomic E-state index is 0. The zero-order chi connectivity index (χ0) is 17.3. The van der Waals surface area contributed by atoms with Crippen molar-refractivity contribution >= 4 is 22.4 Å². The van der Waals surface area contributed by atoms with E-state index in [1.54, 1.807) is 10.6 Å². The maximum Gasteiger partial charge on any atom is 0.323 e. The van der Waals surface area contributed by atoms with Crippen LogP contribution in [-0.4, -0.2) is 15.6 Å². The lowest BCUT2D eigenvalue weighted by Gasteiger charge is -2.22. The number of hydrogen-bond donors (Lipinski definition) is 1. The number of nitrogens with zero attached hydrogens (tertiary/aromatic N) is 1. The van der Waals surface area contributed by atoms with E-state index in [0.717, 1.165) is 47.3 Å². The quantitative estimate of drug-likeness (QED) is 0.667. The number of allylic oxidation sites excluding steroid dienone is 2. The van der Waals surface area contributed by atoms with Crippen molar-refractivity contribution in [2.45, 2.75) is 67.3 Å². The number of carboxylic acids is 1. The molecule has 1 aromatic carbocycles. The highest BCUT2D eigenvalue weighted by Gasteiger charge is 2.22. The fourth-order valence-electron chi connectivity index (χ4n) is 3.98. The van der Waals surface area contributed by atoms with Crippen molar-refractivity contribution in [1.29, 1.82) is 0 Å². The summed E-state index contributed by atoms with van der Waals surface area (Å²) >= 11 is 0. The highest BCUT2D eigenvalue weighted by molar-refractivity contribution is 5.95. The molecule has 0 saturated carbocycles. The van der Waals surface area contributed by atoms with Crippen LogP contribution < -0.4 is 0 Å². The minimum Gasteiger partial charge on any atom is -0.480 e. The van der Waals surface area contributed by atoms with E-state index in [0.29, 0.717) is 0 Å². The first-order valence-electron chi connectivity index (χ1n) is 8.70. The van der Waals surface area contributed by atoms with Gasteiger partial charge in [0.2, 0.25) is 0 Å². The molecule has 144 valence electrons. The SMILES string of the molecule is C.C.CCCC1CC=C(c2c(C)n(CC(=O)O)c3ccc(F)cc23)CC1. The Morgan fingerprint density at radius 3 is 2.65 bits per heavy atom. The van der Waals surface area contributed by atoms with Crippen LogP contribution in [0.25, 0.3) is 16.5 Å². The van der Waals surface area contributed by atoms with Crippen LogP contribution in [0.5, 0.6) is 0 Å². The van der Waals surface area contributed by atoms with E-state index in [-0.39, 0.29) is 27.2 Å². The summed E-state index contributed by atoms with van der Waals surface area (Å²) in [6, 6.07) is 4.62. The van der Waals surface area contributed by atoms with Gasteiger partial charge in [-0.15, -0.1) is 0 Å². The molecule has 1 N–H and O–H groups in total. The van der Waals surface area contributed by atoms with Crippen LogP contribution in [0.1, 0.15) is 65.1 Å². The van der Waals surface area contributed by atoms with Crippen LogP contribution in [-0.2, 0) is 11.3 Å². The molecule has 0 aliphatic heterocycles. The normalized spacial score (nSPS) is 16.6. The summed E-state index contributed by atoms with van der Waals surface area (Å²) in [4.78, 5) is 11.2. The molecule has 0 saturated heterocycles. The molecule has 0 spiro atoms. The molecular formula is C22H32FNO2. The van der Waals surface area contributed by atoms with E-state index in [4.69, 9.17) is 0 Å². The number of carboxylic acid groups (broad SMARTS) is 1. The molecule has 1 unspecified atom stereocenters. The summed E-state index contributed by atoms with van der Waals surface area (Å²) in [7, 11) is 0. The van der Waals surface area contributed by atoms with Crippen LogP contribution in [0, 0.1) is 18.7 Å². The third kappa shape index (κ3) is 4.17. The second-order valence-electron chi connectivity index (χ2n) is 6.76. The van der Waals surface area contributed by atoms with Crippen LogP contribution in [0.4, 0.5) is 4.39 Å². The number of carbonyl (C=O) groups is 1. The van der Waals surface area contributed by atoms with E-state index in [9.17, 15) is 14.3 Å². The molecule has 1 aliphatic carbocycles. The van der Waals surface area contributed by atoms with Crippen molar-refractivity contribution in [1.82, 2.24) is 4.57 Å². The van der Waals surface area contributed by atoms with Gasteiger partial charge in [0.05, 0.1) is 0 Å². The average molecular weight is 362 g/mol. The number of aliphatic carboxylic acids is 1. The standard InChI is InChI=1S/C20H24FNO2.2CH4/c1-3-4-14-5-7-15(8-6-14)20-13(2)22(12-19(23)24)18-10-9-16(21)11-17(18)20;;/h7,9-11,14H,3-6,8,12H2,1-2H3,(H,23,24);2*1H4. The highest BCUT2D eigenvalue weighted by Crippen LogP contribution is 2.38. The third-order valence-electron chi connectivity index (χ3n) is 5.12. The number of benzene rings is 1. The second kappa shape index (κ2) is 9.02. The molecule has 4 heteroatoms. The number of hydrogen-bond acceptors (Lipinski definition) is 1. The van der Waals surface area contributed by atoms with Crippen molar-refractivity contribution in [3.05, 3.63) is 41.3 Å². The van der Waals surface area contributed by atoms with Gasteiger partial charge in [0.1, 0.15) is 12.4 Å². The van der Waals surface area contributed by atoms with Crippen molar-refractivity contribution < 1.29 is 14.3 Å². The largest absolute Gasteiger partial charge is 0.480 e. The number of fused-ring (bicyclic) bond motifs is 1. The lowest BCUT2D eigenvalue weighted by molar-refractivity contribution is -0.137. The summed E-state index contributed by atoms with van der Waals surface area (Å²) in [6.45, 7) is 4.06. The topological polar surface area (TPSA) is 42.2 Å². The Morgan fingerprint density at radius 2 is 2.08 bits per heavy atom. The first-order valence-corrected chi connectivity index (χ1v) is 8.70. The maximum atomic E-state index is 13.8. The van der Waals surface area contributed by atoms with Crippen molar-refractivity contribution in [2.24, 2.45) is 5.92 Å². The minimum atomic E-state index is -0.883. The predicted octanol–water partition coefficient (Wildman–Crippen LogP) is 6.43. The molecule has 0 radical (unpaired) electrons. The van der Waals surface area contributed by atoms with Crippen molar-refractivity contribution in [3.63, 3.8) is 0 Å². The highest BCUT2D eigenvalue weighted by atomic mass is 19.1. The van der Waals surface area contributed by atoms with Gasteiger partial charge in [-0.05, 0) is 55.9 Å². The van der Waals surface area contributed by atoms with Crippen LogP contribution >= 0.6 is 0 Å². The summed E-state index contributed by atoms with van der Waals surface area (Å²) in [5, 5.41) is 10.0. The van der Waals surface area contributed by atoms with Gasteiger partial charge < -0.3 is 9.67 Å². The first-order chi connectivity index (χ1) is 11.5. The number of rotatable bonds is 5. The Labute approximate surface area is 156 Å². The Kier molecular flexibility index (Phi) is 7.61. The van der Waals surface area contributed by atoms with E-state index in [1.807, 2.05) is 6.92 Å². The maximum absolute atomic E-state index is 13.8. The number of halogens is 1. The second-order valence-corrected chi connectivity index (χ2v) is 6.76. The monoisotopic (exact) mass is 361 g/mol. The van der Waals surface area contributed by atoms with Crippen LogP contribution in [0.3, 0.4) is 0 Å². The molecule has 1 aliphatic rings. The van der Waals surface area contributed by atoms with E-state index >= 15 is 0 Å². The van der Waals surface area contributed by atoms with E-state index in [2.05, 4.69) is 13.0 Å². The molecule has 26 heavy (non-hydrogen) atoms.